The maximum absolute atomic E-state index is 11.9. The number of nitrogens with zero attached hydrogens (tertiary/aromatic N) is 1. The third kappa shape index (κ3) is 4.26. The second-order valence-corrected chi connectivity index (χ2v) is 5.52. The Morgan fingerprint density at radius 3 is 2.95 bits per heavy atom. The van der Waals surface area contributed by atoms with E-state index in [1.165, 1.54) is 11.8 Å². The number of aromatic nitrogens is 1. The number of rotatable bonds is 5. The molecule has 0 radical (unpaired) electrons. The summed E-state index contributed by atoms with van der Waals surface area (Å²) >= 11 is 7.36. The predicted molar refractivity (Wildman–Crippen MR) is 79.5 cm³/mol. The van der Waals surface area contributed by atoms with Gasteiger partial charge in [0.15, 0.2) is 0 Å². The molecule has 2 rings (SSSR count). The van der Waals surface area contributed by atoms with Gasteiger partial charge in [-0.3, -0.25) is 9.78 Å². The van der Waals surface area contributed by atoms with E-state index in [2.05, 4.69) is 4.98 Å². The number of nitrogen functional groups attached to an aromatic ring is 1. The molecule has 0 aliphatic rings. The Bertz CT molecular complexity index is 589. The minimum atomic E-state index is 0.115. The molecule has 0 aliphatic heterocycles. The van der Waals surface area contributed by atoms with Crippen LogP contribution in [0.5, 0.6) is 0 Å². The number of halogens is 1. The molecule has 1 aromatic heterocycles. The summed E-state index contributed by atoms with van der Waals surface area (Å²) in [6.45, 7) is 0. The van der Waals surface area contributed by atoms with E-state index < -0.39 is 0 Å². The molecule has 0 aliphatic carbocycles. The molecule has 3 nitrogen and oxygen atoms in total. The van der Waals surface area contributed by atoms with E-state index in [1.54, 1.807) is 18.5 Å². The highest BCUT2D eigenvalue weighted by Gasteiger charge is 2.07. The first-order chi connectivity index (χ1) is 9.15. The van der Waals surface area contributed by atoms with Crippen LogP contribution in [0.2, 0.25) is 5.02 Å². The zero-order chi connectivity index (χ0) is 13.7. The monoisotopic (exact) mass is 292 g/mol. The van der Waals surface area contributed by atoms with Crippen molar-refractivity contribution in [3.63, 3.8) is 0 Å². The number of ketones is 1. The van der Waals surface area contributed by atoms with Gasteiger partial charge in [0.25, 0.3) is 0 Å². The Kier molecular flexibility index (Phi) is 4.82. The molecule has 0 spiro atoms. The number of hydrogen-bond donors (Lipinski definition) is 1. The second kappa shape index (κ2) is 6.59. The third-order valence-electron chi connectivity index (χ3n) is 2.52. The number of anilines is 1. The van der Waals surface area contributed by atoms with Crippen molar-refractivity contribution in [2.75, 3.05) is 11.5 Å². The first kappa shape index (κ1) is 13.9. The molecule has 0 atom stereocenters. The number of Topliss-reactive ketones (excluding diaryl/α,β-unsaturated/α-hetero) is 1. The zero-order valence-corrected chi connectivity index (χ0v) is 11.7. The highest BCUT2D eigenvalue weighted by Crippen LogP contribution is 2.22. The molecule has 1 aromatic carbocycles. The van der Waals surface area contributed by atoms with Crippen LogP contribution in [0, 0.1) is 0 Å². The molecular weight excluding hydrogens is 280 g/mol. The van der Waals surface area contributed by atoms with Crippen LogP contribution in [0.3, 0.4) is 0 Å². The summed E-state index contributed by atoms with van der Waals surface area (Å²) in [5.41, 5.74) is 7.16. The van der Waals surface area contributed by atoms with E-state index >= 15 is 0 Å². The fourth-order valence-corrected chi connectivity index (χ4v) is 2.64. The molecule has 0 saturated heterocycles. The lowest BCUT2D eigenvalue weighted by Gasteiger charge is -2.04. The van der Waals surface area contributed by atoms with Gasteiger partial charge < -0.3 is 5.73 Å². The number of pyridine rings is 1. The van der Waals surface area contributed by atoms with E-state index in [-0.39, 0.29) is 5.78 Å². The maximum atomic E-state index is 11.9. The van der Waals surface area contributed by atoms with Crippen LogP contribution in [0.1, 0.15) is 5.56 Å². The van der Waals surface area contributed by atoms with Crippen molar-refractivity contribution in [1.82, 2.24) is 4.98 Å². The fourth-order valence-electron chi connectivity index (χ4n) is 1.57. The van der Waals surface area contributed by atoms with Gasteiger partial charge in [-0.2, -0.15) is 0 Å². The van der Waals surface area contributed by atoms with Crippen LogP contribution in [0.15, 0.2) is 47.6 Å². The van der Waals surface area contributed by atoms with Crippen molar-refractivity contribution < 1.29 is 4.79 Å². The van der Waals surface area contributed by atoms with Crippen molar-refractivity contribution in [2.24, 2.45) is 0 Å². The molecule has 2 N–H and O–H groups in total. The van der Waals surface area contributed by atoms with Gasteiger partial charge in [0.2, 0.25) is 0 Å². The standard InChI is InChI=1S/C14H13ClN2OS/c15-11-2-1-3-13(7-11)19-9-12(18)6-10-8-17-5-4-14(10)16/h1-5,7-8H,6,9H2,(H2,16,17). The highest BCUT2D eigenvalue weighted by atomic mass is 35.5. The number of carbonyl (C=O) groups excluding carboxylic acids is 1. The third-order valence-corrected chi connectivity index (χ3v) is 3.81. The lowest BCUT2D eigenvalue weighted by Crippen LogP contribution is -2.08. The smallest absolute Gasteiger partial charge is 0.147 e. The molecule has 19 heavy (non-hydrogen) atoms. The Labute approximate surface area is 121 Å². The molecule has 1 heterocycles. The topological polar surface area (TPSA) is 56.0 Å². The van der Waals surface area contributed by atoms with Crippen molar-refractivity contribution in [2.45, 2.75) is 11.3 Å². The Morgan fingerprint density at radius 1 is 1.37 bits per heavy atom. The van der Waals surface area contributed by atoms with Crippen LogP contribution in [-0.4, -0.2) is 16.5 Å². The molecule has 0 saturated carbocycles. The first-order valence-electron chi connectivity index (χ1n) is 5.73. The van der Waals surface area contributed by atoms with E-state index in [0.717, 1.165) is 10.5 Å². The summed E-state index contributed by atoms with van der Waals surface area (Å²) in [4.78, 5) is 16.8. The van der Waals surface area contributed by atoms with Crippen LogP contribution in [0.25, 0.3) is 0 Å². The first-order valence-corrected chi connectivity index (χ1v) is 7.10. The number of nitrogens with two attached hydrogens (primary N) is 1. The van der Waals surface area contributed by atoms with Crippen LogP contribution >= 0.6 is 23.4 Å². The van der Waals surface area contributed by atoms with Gasteiger partial charge in [0, 0.05) is 40.0 Å². The molecular formula is C14H13ClN2OS. The largest absolute Gasteiger partial charge is 0.398 e. The summed E-state index contributed by atoms with van der Waals surface area (Å²) in [5, 5.41) is 0.675. The average molecular weight is 293 g/mol. The second-order valence-electron chi connectivity index (χ2n) is 4.04. The highest BCUT2D eigenvalue weighted by molar-refractivity contribution is 8.00. The van der Waals surface area contributed by atoms with Crippen LogP contribution in [0.4, 0.5) is 5.69 Å². The maximum Gasteiger partial charge on any atom is 0.147 e. The summed E-state index contributed by atoms with van der Waals surface area (Å²) in [7, 11) is 0. The van der Waals surface area contributed by atoms with Gasteiger partial charge in [0.05, 0.1) is 5.75 Å². The predicted octanol–water partition coefficient (Wildman–Crippen LogP) is 3.22. The quantitative estimate of drug-likeness (QED) is 0.860. The Hall–Kier alpha value is -1.52. The van der Waals surface area contributed by atoms with Gasteiger partial charge in [-0.05, 0) is 24.3 Å². The Morgan fingerprint density at radius 2 is 2.21 bits per heavy atom. The number of hydrogen-bond acceptors (Lipinski definition) is 4. The summed E-state index contributed by atoms with van der Waals surface area (Å²) in [5.74, 6) is 0.513. The molecule has 98 valence electrons. The van der Waals surface area contributed by atoms with Gasteiger partial charge in [-0.25, -0.2) is 0 Å². The summed E-state index contributed by atoms with van der Waals surface area (Å²) < 4.78 is 0. The van der Waals surface area contributed by atoms with Gasteiger partial charge in [0.1, 0.15) is 5.78 Å². The normalized spacial score (nSPS) is 10.4. The minimum Gasteiger partial charge on any atom is -0.398 e. The lowest BCUT2D eigenvalue weighted by atomic mass is 10.1. The van der Waals surface area contributed by atoms with Crippen LogP contribution < -0.4 is 5.73 Å². The van der Waals surface area contributed by atoms with Crippen molar-refractivity contribution in [3.8, 4) is 0 Å². The fraction of sp³-hybridized carbons (Fsp3) is 0.143. The molecule has 0 amide bonds. The van der Waals surface area contributed by atoms with E-state index in [9.17, 15) is 4.79 Å². The van der Waals surface area contributed by atoms with Gasteiger partial charge in [-0.15, -0.1) is 11.8 Å². The van der Waals surface area contributed by atoms with Crippen molar-refractivity contribution in [1.29, 1.82) is 0 Å². The van der Waals surface area contributed by atoms with E-state index in [4.69, 9.17) is 17.3 Å². The van der Waals surface area contributed by atoms with Crippen molar-refractivity contribution in [3.05, 3.63) is 53.3 Å². The summed E-state index contributed by atoms with van der Waals surface area (Å²) in [6.07, 6.45) is 3.56. The molecule has 0 bridgehead atoms. The molecule has 0 unspecified atom stereocenters. The zero-order valence-electron chi connectivity index (χ0n) is 10.2. The van der Waals surface area contributed by atoms with Crippen molar-refractivity contribution >= 4 is 34.8 Å². The molecule has 5 heteroatoms. The van der Waals surface area contributed by atoms with E-state index in [1.807, 2.05) is 24.3 Å². The molecule has 0 fully saturated rings. The number of benzene rings is 1. The van der Waals surface area contributed by atoms with Gasteiger partial charge >= 0.3 is 0 Å². The number of thioether (sulfide) groups is 1. The average Bonchev–Trinajstić information content (AvgIpc) is 2.39. The van der Waals surface area contributed by atoms with E-state index in [0.29, 0.717) is 22.9 Å². The SMILES string of the molecule is Nc1ccncc1CC(=O)CSc1cccc(Cl)c1. The summed E-state index contributed by atoms with van der Waals surface area (Å²) in [6, 6.07) is 9.16. The van der Waals surface area contributed by atoms with Crippen LogP contribution in [-0.2, 0) is 11.2 Å². The number of carbonyl (C=O) groups is 1. The Balaban J connectivity index is 1.90. The van der Waals surface area contributed by atoms with Gasteiger partial charge in [-0.1, -0.05) is 17.7 Å². The lowest BCUT2D eigenvalue weighted by molar-refractivity contribution is -0.116. The minimum absolute atomic E-state index is 0.115. The molecule has 2 aromatic rings.